The van der Waals surface area contributed by atoms with Crippen LogP contribution in [0.5, 0.6) is 0 Å². The van der Waals surface area contributed by atoms with Gasteiger partial charge in [-0.15, -0.1) is 0 Å². The van der Waals surface area contributed by atoms with E-state index in [1.165, 1.54) is 51.2 Å². The maximum absolute atomic E-state index is 4.79. The highest BCUT2D eigenvalue weighted by molar-refractivity contribution is 4.48. The molecular weight excluding hydrogens is 162 g/mol. The number of rotatable bonds is 10. The van der Waals surface area contributed by atoms with Crippen LogP contribution >= 0.6 is 0 Å². The Balaban J connectivity index is 2.79. The van der Waals surface area contributed by atoms with Crippen molar-refractivity contribution in [1.29, 1.82) is 0 Å². The van der Waals surface area contributed by atoms with Gasteiger partial charge in [0.15, 0.2) is 0 Å². The van der Waals surface area contributed by atoms with Gasteiger partial charge in [-0.3, -0.25) is 0 Å². The molecular formula is C11H23NO. The molecule has 0 radical (unpaired) electrons. The van der Waals surface area contributed by atoms with Crippen molar-refractivity contribution in [1.82, 2.24) is 5.48 Å². The molecule has 0 saturated heterocycles. The minimum atomic E-state index is 0.930. The average Bonchev–Trinajstić information content (AvgIpc) is 2.16. The number of hydrogen-bond donors (Lipinski definition) is 1. The van der Waals surface area contributed by atoms with Gasteiger partial charge in [-0.05, 0) is 6.42 Å². The van der Waals surface area contributed by atoms with Crippen molar-refractivity contribution in [2.24, 2.45) is 0 Å². The Kier molecular flexibility index (Phi) is 11.1. The molecule has 0 bridgehead atoms. The predicted octanol–water partition coefficient (Wildman–Crippen LogP) is 3.40. The van der Waals surface area contributed by atoms with E-state index in [0.717, 1.165) is 6.54 Å². The fourth-order valence-electron chi connectivity index (χ4n) is 1.27. The number of nitrogens with one attached hydrogen (secondary N) is 1. The molecule has 2 nitrogen and oxygen atoms in total. The standard InChI is InChI=1S/C11H23NO/c1-3-5-6-7-8-9-10-11-12-13-4-2/h4,12H,2-3,5-11H2,1H3. The fourth-order valence-corrected chi connectivity index (χ4v) is 1.27. The Morgan fingerprint density at radius 2 is 1.69 bits per heavy atom. The zero-order chi connectivity index (χ0) is 9.78. The second-order valence-corrected chi connectivity index (χ2v) is 3.30. The van der Waals surface area contributed by atoms with Gasteiger partial charge < -0.3 is 4.84 Å². The zero-order valence-corrected chi connectivity index (χ0v) is 8.85. The Hall–Kier alpha value is -0.500. The van der Waals surface area contributed by atoms with Crippen molar-refractivity contribution >= 4 is 0 Å². The lowest BCUT2D eigenvalue weighted by Crippen LogP contribution is -2.11. The molecule has 1 N–H and O–H groups in total. The molecule has 13 heavy (non-hydrogen) atoms. The van der Waals surface area contributed by atoms with E-state index in [1.54, 1.807) is 0 Å². The molecule has 2 heteroatoms. The number of hydrogen-bond acceptors (Lipinski definition) is 2. The molecule has 0 aromatic carbocycles. The summed E-state index contributed by atoms with van der Waals surface area (Å²) in [7, 11) is 0. The van der Waals surface area contributed by atoms with Gasteiger partial charge in [-0.25, -0.2) is 0 Å². The van der Waals surface area contributed by atoms with Gasteiger partial charge in [0.25, 0.3) is 0 Å². The smallest absolute Gasteiger partial charge is 0.104 e. The maximum atomic E-state index is 4.79. The molecule has 0 amide bonds. The first-order valence-corrected chi connectivity index (χ1v) is 5.41. The Bertz CT molecular complexity index is 104. The van der Waals surface area contributed by atoms with Gasteiger partial charge in [0.2, 0.25) is 0 Å². The van der Waals surface area contributed by atoms with Crippen LogP contribution in [0, 0.1) is 0 Å². The van der Waals surface area contributed by atoms with Gasteiger partial charge in [-0.2, -0.15) is 5.48 Å². The van der Waals surface area contributed by atoms with Crippen LogP contribution in [0.2, 0.25) is 0 Å². The Morgan fingerprint density at radius 3 is 2.31 bits per heavy atom. The predicted molar refractivity (Wildman–Crippen MR) is 57.3 cm³/mol. The van der Waals surface area contributed by atoms with Crippen molar-refractivity contribution in [3.63, 3.8) is 0 Å². The molecule has 0 aliphatic rings. The van der Waals surface area contributed by atoms with E-state index < -0.39 is 0 Å². The largest absolute Gasteiger partial charge is 0.417 e. The molecule has 0 aliphatic heterocycles. The SMILES string of the molecule is C=CONCCCCCCCCC. The minimum Gasteiger partial charge on any atom is -0.417 e. The number of unbranched alkanes of at least 4 members (excludes halogenated alkanes) is 6. The van der Waals surface area contributed by atoms with Gasteiger partial charge in [0.05, 0.1) is 0 Å². The van der Waals surface area contributed by atoms with Gasteiger partial charge in [0, 0.05) is 6.54 Å². The highest BCUT2D eigenvalue weighted by Crippen LogP contribution is 2.06. The van der Waals surface area contributed by atoms with Crippen molar-refractivity contribution in [3.8, 4) is 0 Å². The summed E-state index contributed by atoms with van der Waals surface area (Å²) >= 11 is 0. The third-order valence-corrected chi connectivity index (χ3v) is 2.05. The summed E-state index contributed by atoms with van der Waals surface area (Å²) in [5, 5.41) is 0. The minimum absolute atomic E-state index is 0.930. The zero-order valence-electron chi connectivity index (χ0n) is 8.85. The summed E-state index contributed by atoms with van der Waals surface area (Å²) < 4.78 is 0. The van der Waals surface area contributed by atoms with Crippen molar-refractivity contribution in [3.05, 3.63) is 12.8 Å². The first-order chi connectivity index (χ1) is 6.41. The van der Waals surface area contributed by atoms with Crippen molar-refractivity contribution in [2.45, 2.75) is 51.9 Å². The van der Waals surface area contributed by atoms with E-state index in [-0.39, 0.29) is 0 Å². The van der Waals surface area contributed by atoms with Crippen LogP contribution in [0.4, 0.5) is 0 Å². The Morgan fingerprint density at radius 1 is 1.08 bits per heavy atom. The lowest BCUT2D eigenvalue weighted by molar-refractivity contribution is 0.134. The molecule has 0 saturated carbocycles. The van der Waals surface area contributed by atoms with E-state index in [9.17, 15) is 0 Å². The topological polar surface area (TPSA) is 21.3 Å². The normalized spacial score (nSPS) is 9.92. The summed E-state index contributed by atoms with van der Waals surface area (Å²) in [5.74, 6) is 0. The highest BCUT2D eigenvalue weighted by Gasteiger charge is 1.90. The quantitative estimate of drug-likeness (QED) is 0.320. The molecule has 0 rings (SSSR count). The summed E-state index contributed by atoms with van der Waals surface area (Å²) in [4.78, 5) is 4.79. The van der Waals surface area contributed by atoms with E-state index in [0.29, 0.717) is 0 Å². The van der Waals surface area contributed by atoms with Crippen molar-refractivity contribution in [2.75, 3.05) is 6.54 Å². The second kappa shape index (κ2) is 11.5. The summed E-state index contributed by atoms with van der Waals surface area (Å²) in [6.45, 7) is 6.62. The number of hydroxylamine groups is 1. The third kappa shape index (κ3) is 11.5. The first-order valence-electron chi connectivity index (χ1n) is 5.41. The molecule has 0 aromatic rings. The van der Waals surface area contributed by atoms with E-state index >= 15 is 0 Å². The summed E-state index contributed by atoms with van der Waals surface area (Å²) in [6, 6.07) is 0. The van der Waals surface area contributed by atoms with Crippen LogP contribution in [0.25, 0.3) is 0 Å². The molecule has 0 aliphatic carbocycles. The Labute approximate surface area is 82.3 Å². The van der Waals surface area contributed by atoms with Crippen LogP contribution in [-0.4, -0.2) is 6.54 Å². The van der Waals surface area contributed by atoms with Crippen LogP contribution in [-0.2, 0) is 4.84 Å². The molecule has 78 valence electrons. The molecule has 0 spiro atoms. The maximum Gasteiger partial charge on any atom is 0.104 e. The molecule has 0 atom stereocenters. The van der Waals surface area contributed by atoms with E-state index in [1.807, 2.05) is 0 Å². The summed E-state index contributed by atoms with van der Waals surface area (Å²) in [5.41, 5.74) is 2.82. The fraction of sp³-hybridized carbons (Fsp3) is 0.818. The van der Waals surface area contributed by atoms with E-state index in [4.69, 9.17) is 4.84 Å². The molecule has 0 unspecified atom stereocenters. The monoisotopic (exact) mass is 185 g/mol. The lowest BCUT2D eigenvalue weighted by Gasteiger charge is -2.02. The van der Waals surface area contributed by atoms with Crippen LogP contribution in [0.3, 0.4) is 0 Å². The van der Waals surface area contributed by atoms with Crippen LogP contribution < -0.4 is 5.48 Å². The van der Waals surface area contributed by atoms with Gasteiger partial charge >= 0.3 is 0 Å². The van der Waals surface area contributed by atoms with Crippen molar-refractivity contribution < 1.29 is 4.84 Å². The lowest BCUT2D eigenvalue weighted by atomic mass is 10.1. The van der Waals surface area contributed by atoms with Gasteiger partial charge in [-0.1, -0.05) is 52.0 Å². The highest BCUT2D eigenvalue weighted by atomic mass is 16.6. The summed E-state index contributed by atoms with van der Waals surface area (Å²) in [6.07, 6.45) is 10.8. The third-order valence-electron chi connectivity index (χ3n) is 2.05. The first kappa shape index (κ1) is 12.5. The van der Waals surface area contributed by atoms with Crippen LogP contribution in [0.1, 0.15) is 51.9 Å². The molecule has 0 aromatic heterocycles. The average molecular weight is 185 g/mol. The van der Waals surface area contributed by atoms with Crippen LogP contribution in [0.15, 0.2) is 12.8 Å². The van der Waals surface area contributed by atoms with E-state index in [2.05, 4.69) is 19.0 Å². The second-order valence-electron chi connectivity index (χ2n) is 3.30. The van der Waals surface area contributed by atoms with Gasteiger partial charge in [0.1, 0.15) is 6.26 Å². The molecule has 0 fully saturated rings. The molecule has 0 heterocycles.